The lowest BCUT2D eigenvalue weighted by Crippen LogP contribution is -2.46. The van der Waals surface area contributed by atoms with Gasteiger partial charge >= 0.3 is 6.03 Å². The van der Waals surface area contributed by atoms with Gasteiger partial charge < -0.3 is 15.0 Å². The molecule has 1 aliphatic rings. The maximum Gasteiger partial charge on any atom is 0.317 e. The van der Waals surface area contributed by atoms with Crippen molar-refractivity contribution in [1.29, 1.82) is 0 Å². The van der Waals surface area contributed by atoms with Crippen molar-refractivity contribution in [3.05, 3.63) is 60.7 Å². The van der Waals surface area contributed by atoms with Gasteiger partial charge in [-0.3, -0.25) is 0 Å². The Bertz CT molecular complexity index is 841. The van der Waals surface area contributed by atoms with Gasteiger partial charge in [0.1, 0.15) is 12.4 Å². The monoisotopic (exact) mass is 388 g/mol. The van der Waals surface area contributed by atoms with Crippen molar-refractivity contribution in [3.8, 4) is 5.75 Å². The summed E-state index contributed by atoms with van der Waals surface area (Å²) in [4.78, 5) is 14.4. The number of benzene rings is 2. The second-order valence-electron chi connectivity index (χ2n) is 6.48. The maximum absolute atomic E-state index is 12.6. The highest BCUT2D eigenvalue weighted by Crippen LogP contribution is 2.22. The van der Waals surface area contributed by atoms with Crippen LogP contribution in [0.2, 0.25) is 0 Å². The lowest BCUT2D eigenvalue weighted by Gasteiger charge is -2.25. The first-order valence-electron chi connectivity index (χ1n) is 9.06. The standard InChI is InChI=1S/C20H24N2O4S/c23-20(21-13-15-26-18-9-3-1-4-10-18)22-14-7-8-17(22)16-27(24,25)19-11-5-2-6-12-19/h1-6,9-12,17H,7-8,13-16H2,(H,21,23). The van der Waals surface area contributed by atoms with Crippen LogP contribution >= 0.6 is 0 Å². The molecule has 1 N–H and O–H groups in total. The molecular formula is C20H24N2O4S. The summed E-state index contributed by atoms with van der Waals surface area (Å²) in [5, 5.41) is 2.82. The number of para-hydroxylation sites is 1. The van der Waals surface area contributed by atoms with Crippen molar-refractivity contribution in [1.82, 2.24) is 10.2 Å². The molecule has 1 aliphatic heterocycles. The van der Waals surface area contributed by atoms with E-state index >= 15 is 0 Å². The van der Waals surface area contributed by atoms with Crippen LogP contribution in [-0.2, 0) is 9.84 Å². The molecule has 2 aromatic rings. The summed E-state index contributed by atoms with van der Waals surface area (Å²) in [6.45, 7) is 1.29. The van der Waals surface area contributed by atoms with E-state index in [2.05, 4.69) is 5.32 Å². The second kappa shape index (κ2) is 8.90. The van der Waals surface area contributed by atoms with Gasteiger partial charge in [0.2, 0.25) is 0 Å². The minimum atomic E-state index is -3.42. The smallest absolute Gasteiger partial charge is 0.317 e. The van der Waals surface area contributed by atoms with Gasteiger partial charge in [-0.2, -0.15) is 0 Å². The number of nitrogens with one attached hydrogen (secondary N) is 1. The van der Waals surface area contributed by atoms with Crippen LogP contribution in [0.25, 0.3) is 0 Å². The lowest BCUT2D eigenvalue weighted by molar-refractivity contribution is 0.193. The topological polar surface area (TPSA) is 75.7 Å². The van der Waals surface area contributed by atoms with Gasteiger partial charge in [-0.1, -0.05) is 36.4 Å². The summed E-state index contributed by atoms with van der Waals surface area (Å²) in [6, 6.07) is 17.2. The van der Waals surface area contributed by atoms with E-state index < -0.39 is 9.84 Å². The van der Waals surface area contributed by atoms with Crippen molar-refractivity contribution in [2.24, 2.45) is 0 Å². The number of nitrogens with zero attached hydrogens (tertiary/aromatic N) is 1. The molecule has 0 radical (unpaired) electrons. The number of hydrogen-bond acceptors (Lipinski definition) is 4. The van der Waals surface area contributed by atoms with Crippen LogP contribution in [-0.4, -0.2) is 50.8 Å². The minimum Gasteiger partial charge on any atom is -0.492 e. The molecule has 144 valence electrons. The average Bonchev–Trinajstić information content (AvgIpc) is 3.14. The highest BCUT2D eigenvalue weighted by Gasteiger charge is 2.32. The number of ether oxygens (including phenoxy) is 1. The molecule has 7 heteroatoms. The first-order chi connectivity index (χ1) is 13.1. The predicted molar refractivity (Wildman–Crippen MR) is 104 cm³/mol. The minimum absolute atomic E-state index is 0.0506. The van der Waals surface area contributed by atoms with Gasteiger partial charge in [-0.25, -0.2) is 13.2 Å². The molecule has 6 nitrogen and oxygen atoms in total. The van der Waals surface area contributed by atoms with Gasteiger partial charge in [-0.15, -0.1) is 0 Å². The van der Waals surface area contributed by atoms with E-state index in [0.717, 1.165) is 12.2 Å². The third-order valence-electron chi connectivity index (χ3n) is 4.54. The van der Waals surface area contributed by atoms with E-state index in [-0.39, 0.29) is 17.8 Å². The lowest BCUT2D eigenvalue weighted by atomic mass is 10.2. The Balaban J connectivity index is 1.50. The zero-order valence-electron chi connectivity index (χ0n) is 15.1. The Kier molecular flexibility index (Phi) is 6.34. The molecule has 0 spiro atoms. The summed E-state index contributed by atoms with van der Waals surface area (Å²) in [5.74, 6) is 0.699. The number of carbonyl (C=O) groups excluding carboxylic acids is 1. The summed E-state index contributed by atoms with van der Waals surface area (Å²) in [6.07, 6.45) is 1.50. The SMILES string of the molecule is O=C(NCCOc1ccccc1)N1CCCC1CS(=O)(=O)c1ccccc1. The fourth-order valence-corrected chi connectivity index (χ4v) is 4.82. The van der Waals surface area contributed by atoms with Crippen molar-refractivity contribution in [3.63, 3.8) is 0 Å². The Morgan fingerprint density at radius 3 is 2.44 bits per heavy atom. The third kappa shape index (κ3) is 5.23. The van der Waals surface area contributed by atoms with Crippen LogP contribution in [0, 0.1) is 0 Å². The molecule has 1 unspecified atom stereocenters. The average molecular weight is 388 g/mol. The summed E-state index contributed by atoms with van der Waals surface area (Å²) < 4.78 is 30.7. The molecule has 27 heavy (non-hydrogen) atoms. The van der Waals surface area contributed by atoms with Crippen molar-refractivity contribution >= 4 is 15.9 Å². The van der Waals surface area contributed by atoms with Crippen LogP contribution in [0.1, 0.15) is 12.8 Å². The normalized spacial score (nSPS) is 16.9. The fourth-order valence-electron chi connectivity index (χ4n) is 3.20. The predicted octanol–water partition coefficient (Wildman–Crippen LogP) is 2.71. The van der Waals surface area contributed by atoms with E-state index in [0.29, 0.717) is 31.0 Å². The number of amides is 2. The molecule has 1 heterocycles. The van der Waals surface area contributed by atoms with Gasteiger partial charge in [-0.05, 0) is 37.1 Å². The van der Waals surface area contributed by atoms with E-state index in [1.165, 1.54) is 0 Å². The molecule has 3 rings (SSSR count). The van der Waals surface area contributed by atoms with Crippen LogP contribution in [0.3, 0.4) is 0 Å². The van der Waals surface area contributed by atoms with E-state index in [1.54, 1.807) is 35.2 Å². The van der Waals surface area contributed by atoms with Gasteiger partial charge in [0, 0.05) is 12.6 Å². The van der Waals surface area contributed by atoms with Crippen LogP contribution in [0.4, 0.5) is 4.79 Å². The first kappa shape index (κ1) is 19.2. The van der Waals surface area contributed by atoms with Crippen molar-refractivity contribution in [2.45, 2.75) is 23.8 Å². The van der Waals surface area contributed by atoms with Crippen LogP contribution in [0.5, 0.6) is 5.75 Å². The molecule has 2 amide bonds. The quantitative estimate of drug-likeness (QED) is 0.740. The summed E-state index contributed by atoms with van der Waals surface area (Å²) in [5.41, 5.74) is 0. The molecular weight excluding hydrogens is 364 g/mol. The highest BCUT2D eigenvalue weighted by molar-refractivity contribution is 7.91. The molecule has 2 aromatic carbocycles. The molecule has 1 saturated heterocycles. The number of likely N-dealkylation sites (tertiary alicyclic amines) is 1. The summed E-state index contributed by atoms with van der Waals surface area (Å²) in [7, 11) is -3.42. The zero-order chi connectivity index (χ0) is 19.1. The Morgan fingerprint density at radius 1 is 1.07 bits per heavy atom. The highest BCUT2D eigenvalue weighted by atomic mass is 32.2. The Labute approximate surface area is 160 Å². The van der Waals surface area contributed by atoms with E-state index in [9.17, 15) is 13.2 Å². The van der Waals surface area contributed by atoms with Crippen LogP contribution in [0.15, 0.2) is 65.6 Å². The van der Waals surface area contributed by atoms with E-state index in [1.807, 2.05) is 30.3 Å². The third-order valence-corrected chi connectivity index (χ3v) is 6.36. The number of rotatable bonds is 7. The summed E-state index contributed by atoms with van der Waals surface area (Å²) >= 11 is 0. The molecule has 0 aromatic heterocycles. The molecule has 1 fully saturated rings. The maximum atomic E-state index is 12.6. The number of carbonyl (C=O) groups is 1. The van der Waals surface area contributed by atoms with Crippen LogP contribution < -0.4 is 10.1 Å². The first-order valence-corrected chi connectivity index (χ1v) is 10.7. The van der Waals surface area contributed by atoms with Gasteiger partial charge in [0.25, 0.3) is 0 Å². The second-order valence-corrected chi connectivity index (χ2v) is 8.51. The molecule has 0 bridgehead atoms. The number of sulfone groups is 1. The van der Waals surface area contributed by atoms with E-state index in [4.69, 9.17) is 4.74 Å². The molecule has 0 aliphatic carbocycles. The Hall–Kier alpha value is -2.54. The van der Waals surface area contributed by atoms with Crippen molar-refractivity contribution in [2.75, 3.05) is 25.4 Å². The number of hydrogen-bond donors (Lipinski definition) is 1. The number of urea groups is 1. The molecule has 0 saturated carbocycles. The largest absolute Gasteiger partial charge is 0.492 e. The van der Waals surface area contributed by atoms with Gasteiger partial charge in [0.15, 0.2) is 9.84 Å². The van der Waals surface area contributed by atoms with Gasteiger partial charge in [0.05, 0.1) is 17.2 Å². The zero-order valence-corrected chi connectivity index (χ0v) is 15.9. The fraction of sp³-hybridized carbons (Fsp3) is 0.350. The molecule has 1 atom stereocenters. The van der Waals surface area contributed by atoms with Crippen molar-refractivity contribution < 1.29 is 17.9 Å². The Morgan fingerprint density at radius 2 is 1.74 bits per heavy atom.